The highest BCUT2D eigenvalue weighted by molar-refractivity contribution is 5.99. The van der Waals surface area contributed by atoms with Crippen LogP contribution in [0.25, 0.3) is 5.82 Å². The van der Waals surface area contributed by atoms with Gasteiger partial charge in [0.1, 0.15) is 17.4 Å². The Morgan fingerprint density at radius 3 is 2.71 bits per heavy atom. The quantitative estimate of drug-likeness (QED) is 0.910. The van der Waals surface area contributed by atoms with Crippen molar-refractivity contribution >= 4 is 11.9 Å². The highest BCUT2D eigenvalue weighted by atomic mass is 16.4. The summed E-state index contributed by atoms with van der Waals surface area (Å²) < 4.78 is 3.41. The van der Waals surface area contributed by atoms with Gasteiger partial charge in [-0.3, -0.25) is 9.48 Å². The fraction of sp³-hybridized carbons (Fsp3) is 0.357. The van der Waals surface area contributed by atoms with E-state index >= 15 is 0 Å². The molecule has 7 nitrogen and oxygen atoms in total. The Bertz CT molecular complexity index is 674. The average molecular weight is 288 g/mol. The Kier molecular flexibility index (Phi) is 3.25. The lowest BCUT2D eigenvalue weighted by Gasteiger charge is -2.21. The van der Waals surface area contributed by atoms with Crippen molar-refractivity contribution in [1.29, 1.82) is 0 Å². The molecular formula is C14H16N4O3. The Morgan fingerprint density at radius 1 is 1.33 bits per heavy atom. The van der Waals surface area contributed by atoms with Crippen LogP contribution >= 0.6 is 0 Å². The van der Waals surface area contributed by atoms with Gasteiger partial charge in [-0.1, -0.05) is 0 Å². The summed E-state index contributed by atoms with van der Waals surface area (Å²) in [5.74, 6) is -0.593. The van der Waals surface area contributed by atoms with E-state index in [1.807, 2.05) is 24.5 Å². The number of amides is 1. The van der Waals surface area contributed by atoms with Crippen molar-refractivity contribution in [1.82, 2.24) is 19.2 Å². The third-order valence-electron chi connectivity index (χ3n) is 3.79. The number of hydrogen-bond donors (Lipinski definition) is 1. The van der Waals surface area contributed by atoms with Gasteiger partial charge in [0.15, 0.2) is 0 Å². The smallest absolute Gasteiger partial charge is 0.326 e. The summed E-state index contributed by atoms with van der Waals surface area (Å²) in [7, 11) is 1.75. The third kappa shape index (κ3) is 2.20. The van der Waals surface area contributed by atoms with Crippen molar-refractivity contribution < 1.29 is 14.7 Å². The molecule has 0 spiro atoms. The number of nitrogens with zero attached hydrogens (tertiary/aromatic N) is 4. The molecule has 3 heterocycles. The van der Waals surface area contributed by atoms with Gasteiger partial charge in [-0.2, -0.15) is 5.10 Å². The van der Waals surface area contributed by atoms with Crippen LogP contribution in [0.2, 0.25) is 0 Å². The molecule has 0 aliphatic carbocycles. The Labute approximate surface area is 121 Å². The molecule has 0 aromatic carbocycles. The molecule has 21 heavy (non-hydrogen) atoms. The largest absolute Gasteiger partial charge is 0.480 e. The van der Waals surface area contributed by atoms with Crippen LogP contribution in [-0.2, 0) is 11.8 Å². The first kappa shape index (κ1) is 13.4. The molecule has 1 amide bonds. The maximum atomic E-state index is 12.7. The van der Waals surface area contributed by atoms with Gasteiger partial charge in [0.2, 0.25) is 0 Å². The van der Waals surface area contributed by atoms with E-state index in [1.165, 1.54) is 11.1 Å². The number of aromatic nitrogens is 3. The van der Waals surface area contributed by atoms with Crippen molar-refractivity contribution in [3.8, 4) is 5.82 Å². The Balaban J connectivity index is 1.98. The molecule has 2 aromatic heterocycles. The molecule has 1 saturated heterocycles. The molecule has 7 heteroatoms. The first-order valence-electron chi connectivity index (χ1n) is 6.78. The van der Waals surface area contributed by atoms with E-state index in [0.717, 1.165) is 0 Å². The first-order chi connectivity index (χ1) is 10.1. The highest BCUT2D eigenvalue weighted by Crippen LogP contribution is 2.23. The summed E-state index contributed by atoms with van der Waals surface area (Å²) in [5.41, 5.74) is 0.418. The number of aryl methyl sites for hydroxylation is 1. The van der Waals surface area contributed by atoms with Crippen molar-refractivity contribution in [3.05, 3.63) is 36.3 Å². The molecule has 2 aromatic rings. The van der Waals surface area contributed by atoms with Crippen LogP contribution in [0.5, 0.6) is 0 Å². The summed E-state index contributed by atoms with van der Waals surface area (Å²) in [6.07, 6.45) is 6.36. The van der Waals surface area contributed by atoms with Crippen molar-refractivity contribution in [2.45, 2.75) is 18.9 Å². The third-order valence-corrected chi connectivity index (χ3v) is 3.79. The minimum Gasteiger partial charge on any atom is -0.480 e. The second-order valence-corrected chi connectivity index (χ2v) is 5.09. The average Bonchev–Trinajstić information content (AvgIpc) is 3.17. The number of carbonyl (C=O) groups excluding carboxylic acids is 1. The number of hydrogen-bond acceptors (Lipinski definition) is 3. The fourth-order valence-electron chi connectivity index (χ4n) is 2.79. The summed E-state index contributed by atoms with van der Waals surface area (Å²) in [6.45, 7) is 0.468. The van der Waals surface area contributed by atoms with Gasteiger partial charge in [0, 0.05) is 26.0 Å². The molecule has 110 valence electrons. The lowest BCUT2D eigenvalue weighted by molar-refractivity contribution is -0.141. The zero-order chi connectivity index (χ0) is 15.0. The maximum absolute atomic E-state index is 12.7. The second-order valence-electron chi connectivity index (χ2n) is 5.09. The van der Waals surface area contributed by atoms with Gasteiger partial charge in [-0.15, -0.1) is 0 Å². The normalized spacial score (nSPS) is 18.1. The van der Waals surface area contributed by atoms with Crippen LogP contribution < -0.4 is 0 Å². The van der Waals surface area contributed by atoms with Gasteiger partial charge in [-0.05, 0) is 25.0 Å². The summed E-state index contributed by atoms with van der Waals surface area (Å²) in [4.78, 5) is 25.4. The molecule has 1 aliphatic rings. The summed E-state index contributed by atoms with van der Waals surface area (Å²) in [6, 6.07) is 2.98. The van der Waals surface area contributed by atoms with E-state index in [4.69, 9.17) is 0 Å². The van der Waals surface area contributed by atoms with Crippen molar-refractivity contribution in [3.63, 3.8) is 0 Å². The lowest BCUT2D eigenvalue weighted by atomic mass is 10.2. The molecule has 0 saturated carbocycles. The minimum atomic E-state index is -0.952. The standard InChI is InChI=1S/C14H16N4O3/c1-16-12(17-6-2-3-7-17)10(9-15-16)13(19)18-8-4-5-11(18)14(20)21/h2-3,6-7,9,11H,4-5,8H2,1H3,(H,20,21)/t11-/m0/s1. The molecule has 1 aliphatic heterocycles. The van der Waals surface area contributed by atoms with Gasteiger partial charge >= 0.3 is 5.97 Å². The second kappa shape index (κ2) is 5.08. The number of aliphatic carboxylic acids is 1. The number of carbonyl (C=O) groups is 2. The van der Waals surface area contributed by atoms with E-state index < -0.39 is 12.0 Å². The van der Waals surface area contributed by atoms with Crippen LogP contribution in [0.4, 0.5) is 0 Å². The molecule has 1 N–H and O–H groups in total. The number of likely N-dealkylation sites (tertiary alicyclic amines) is 1. The molecule has 0 bridgehead atoms. The van der Waals surface area contributed by atoms with Crippen LogP contribution in [0, 0.1) is 0 Å². The topological polar surface area (TPSA) is 80.4 Å². The van der Waals surface area contributed by atoms with E-state index in [-0.39, 0.29) is 5.91 Å². The SMILES string of the molecule is Cn1ncc(C(=O)N2CCC[C@H]2C(=O)O)c1-n1cccc1. The lowest BCUT2D eigenvalue weighted by Crippen LogP contribution is -2.40. The van der Waals surface area contributed by atoms with Crippen LogP contribution in [0.3, 0.4) is 0 Å². The molecular weight excluding hydrogens is 272 g/mol. The predicted octanol–water partition coefficient (Wildman–Crippen LogP) is 0.900. The van der Waals surface area contributed by atoms with Crippen LogP contribution in [-0.4, -0.2) is 48.8 Å². The van der Waals surface area contributed by atoms with Crippen molar-refractivity contribution in [2.24, 2.45) is 7.05 Å². The van der Waals surface area contributed by atoms with Crippen LogP contribution in [0.1, 0.15) is 23.2 Å². The Morgan fingerprint density at radius 2 is 2.05 bits per heavy atom. The number of rotatable bonds is 3. The summed E-state index contributed by atoms with van der Waals surface area (Å²) in [5, 5.41) is 13.4. The maximum Gasteiger partial charge on any atom is 0.326 e. The number of carboxylic acid groups (broad SMARTS) is 1. The summed E-state index contributed by atoms with van der Waals surface area (Å²) >= 11 is 0. The van der Waals surface area contributed by atoms with E-state index in [0.29, 0.717) is 30.8 Å². The molecule has 1 fully saturated rings. The first-order valence-corrected chi connectivity index (χ1v) is 6.78. The molecule has 0 unspecified atom stereocenters. The Hall–Kier alpha value is -2.57. The van der Waals surface area contributed by atoms with Crippen molar-refractivity contribution in [2.75, 3.05) is 6.54 Å². The predicted molar refractivity (Wildman–Crippen MR) is 74.2 cm³/mol. The molecule has 1 atom stereocenters. The van der Waals surface area contributed by atoms with Gasteiger partial charge in [0.25, 0.3) is 5.91 Å². The minimum absolute atomic E-state index is 0.281. The van der Waals surface area contributed by atoms with Gasteiger partial charge < -0.3 is 14.6 Å². The monoisotopic (exact) mass is 288 g/mol. The van der Waals surface area contributed by atoms with Crippen LogP contribution in [0.15, 0.2) is 30.7 Å². The molecule has 3 rings (SSSR count). The molecule has 0 radical (unpaired) electrons. The zero-order valence-electron chi connectivity index (χ0n) is 11.6. The van der Waals surface area contributed by atoms with E-state index in [9.17, 15) is 14.7 Å². The zero-order valence-corrected chi connectivity index (χ0v) is 11.6. The van der Waals surface area contributed by atoms with Gasteiger partial charge in [-0.25, -0.2) is 4.79 Å². The number of carboxylic acids is 1. The van der Waals surface area contributed by atoms with E-state index in [1.54, 1.807) is 16.3 Å². The fourth-order valence-corrected chi connectivity index (χ4v) is 2.79. The van der Waals surface area contributed by atoms with Gasteiger partial charge in [0.05, 0.1) is 6.20 Å². The van der Waals surface area contributed by atoms with E-state index in [2.05, 4.69) is 5.10 Å². The highest BCUT2D eigenvalue weighted by Gasteiger charge is 2.36.